The largest absolute Gasteiger partial charge is 0.377 e. The van der Waals surface area contributed by atoms with E-state index < -0.39 is 0 Å². The van der Waals surface area contributed by atoms with Crippen LogP contribution in [-0.2, 0) is 14.3 Å². The van der Waals surface area contributed by atoms with Gasteiger partial charge in [0, 0.05) is 19.7 Å². The van der Waals surface area contributed by atoms with Crippen LogP contribution >= 0.6 is 0 Å². The number of ether oxygens (including phenoxy) is 2. The molecule has 2 aliphatic heterocycles. The standard InChI is InChI=1S/C13H24N2O3/c1-14-12-10-17-8-6-15(13(12)16)9-11-5-3-2-4-7-18-11/h11-12,14H,2-10H2,1H3. The summed E-state index contributed by atoms with van der Waals surface area (Å²) in [6, 6.07) is -0.210. The van der Waals surface area contributed by atoms with Gasteiger partial charge in [-0.15, -0.1) is 0 Å². The number of hydrogen-bond acceptors (Lipinski definition) is 4. The molecule has 2 atom stereocenters. The van der Waals surface area contributed by atoms with E-state index in [9.17, 15) is 4.79 Å². The Balaban J connectivity index is 1.90. The molecule has 0 radical (unpaired) electrons. The molecule has 2 aliphatic rings. The van der Waals surface area contributed by atoms with Crippen molar-refractivity contribution in [2.24, 2.45) is 0 Å². The highest BCUT2D eigenvalue weighted by Crippen LogP contribution is 2.15. The lowest BCUT2D eigenvalue weighted by molar-refractivity contribution is -0.134. The predicted octanol–water partition coefficient (Wildman–Crippen LogP) is 0.392. The molecule has 0 saturated carbocycles. The van der Waals surface area contributed by atoms with Crippen LogP contribution in [0.25, 0.3) is 0 Å². The Morgan fingerprint density at radius 3 is 3.06 bits per heavy atom. The van der Waals surface area contributed by atoms with Crippen LogP contribution in [0.2, 0.25) is 0 Å². The summed E-state index contributed by atoms with van der Waals surface area (Å²) in [5, 5.41) is 3.02. The minimum absolute atomic E-state index is 0.142. The van der Waals surface area contributed by atoms with Gasteiger partial charge in [0.15, 0.2) is 0 Å². The fraction of sp³-hybridized carbons (Fsp3) is 0.923. The monoisotopic (exact) mass is 256 g/mol. The van der Waals surface area contributed by atoms with E-state index in [1.807, 2.05) is 4.90 Å². The summed E-state index contributed by atoms with van der Waals surface area (Å²) in [5.41, 5.74) is 0. The van der Waals surface area contributed by atoms with Crippen LogP contribution in [0, 0.1) is 0 Å². The maximum absolute atomic E-state index is 12.3. The SMILES string of the molecule is CNC1COCCN(CC2CCCCCO2)C1=O. The molecule has 0 aromatic carbocycles. The van der Waals surface area contributed by atoms with Crippen LogP contribution < -0.4 is 5.32 Å². The third-order valence-electron chi connectivity index (χ3n) is 3.70. The van der Waals surface area contributed by atoms with E-state index >= 15 is 0 Å². The first kappa shape index (κ1) is 13.8. The fourth-order valence-corrected chi connectivity index (χ4v) is 2.54. The molecule has 2 saturated heterocycles. The van der Waals surface area contributed by atoms with Crippen molar-refractivity contribution < 1.29 is 14.3 Å². The Morgan fingerprint density at radius 2 is 2.22 bits per heavy atom. The zero-order valence-corrected chi connectivity index (χ0v) is 11.2. The summed E-state index contributed by atoms with van der Waals surface area (Å²) in [7, 11) is 1.80. The number of hydrogen-bond donors (Lipinski definition) is 1. The van der Waals surface area contributed by atoms with E-state index in [-0.39, 0.29) is 18.1 Å². The molecule has 0 bridgehead atoms. The van der Waals surface area contributed by atoms with Crippen molar-refractivity contribution in [3.05, 3.63) is 0 Å². The van der Waals surface area contributed by atoms with Gasteiger partial charge < -0.3 is 19.7 Å². The van der Waals surface area contributed by atoms with Crippen molar-refractivity contribution in [1.29, 1.82) is 0 Å². The Hall–Kier alpha value is -0.650. The van der Waals surface area contributed by atoms with Crippen LogP contribution in [0.1, 0.15) is 25.7 Å². The van der Waals surface area contributed by atoms with Gasteiger partial charge in [0.25, 0.3) is 0 Å². The van der Waals surface area contributed by atoms with Crippen molar-refractivity contribution in [2.75, 3.05) is 40.0 Å². The summed E-state index contributed by atoms with van der Waals surface area (Å²) >= 11 is 0. The molecule has 2 fully saturated rings. The van der Waals surface area contributed by atoms with Gasteiger partial charge in [-0.25, -0.2) is 0 Å². The molecule has 5 nitrogen and oxygen atoms in total. The van der Waals surface area contributed by atoms with Crippen molar-refractivity contribution in [3.8, 4) is 0 Å². The Bertz CT molecular complexity index is 265. The summed E-state index contributed by atoms with van der Waals surface area (Å²) in [5.74, 6) is 0.142. The van der Waals surface area contributed by atoms with Gasteiger partial charge >= 0.3 is 0 Å². The minimum Gasteiger partial charge on any atom is -0.377 e. The number of carbonyl (C=O) groups is 1. The zero-order chi connectivity index (χ0) is 12.8. The second-order valence-electron chi connectivity index (χ2n) is 5.04. The molecule has 0 aliphatic carbocycles. The lowest BCUT2D eigenvalue weighted by Crippen LogP contribution is -2.48. The zero-order valence-electron chi connectivity index (χ0n) is 11.2. The van der Waals surface area contributed by atoms with E-state index in [4.69, 9.17) is 9.47 Å². The molecular weight excluding hydrogens is 232 g/mol. The average molecular weight is 256 g/mol. The van der Waals surface area contributed by atoms with Gasteiger partial charge in [0.2, 0.25) is 5.91 Å². The summed E-state index contributed by atoms with van der Waals surface area (Å²) in [6.45, 7) is 3.31. The highest BCUT2D eigenvalue weighted by atomic mass is 16.5. The van der Waals surface area contributed by atoms with Crippen molar-refractivity contribution in [2.45, 2.75) is 37.8 Å². The second-order valence-corrected chi connectivity index (χ2v) is 5.04. The quantitative estimate of drug-likeness (QED) is 0.794. The van der Waals surface area contributed by atoms with Gasteiger partial charge in [-0.05, 0) is 19.9 Å². The first-order chi connectivity index (χ1) is 8.81. The van der Waals surface area contributed by atoms with Gasteiger partial charge in [-0.2, -0.15) is 0 Å². The lowest BCUT2D eigenvalue weighted by Gasteiger charge is -2.27. The van der Waals surface area contributed by atoms with Gasteiger partial charge in [0.05, 0.1) is 19.3 Å². The normalized spacial score (nSPS) is 30.9. The third-order valence-corrected chi connectivity index (χ3v) is 3.70. The molecule has 104 valence electrons. The molecule has 1 amide bonds. The molecule has 2 unspecified atom stereocenters. The summed E-state index contributed by atoms with van der Waals surface area (Å²) < 4.78 is 11.3. The maximum atomic E-state index is 12.3. The predicted molar refractivity (Wildman–Crippen MR) is 68.5 cm³/mol. The average Bonchev–Trinajstić information content (AvgIpc) is 2.73. The Morgan fingerprint density at radius 1 is 1.33 bits per heavy atom. The van der Waals surface area contributed by atoms with Crippen LogP contribution in [0.15, 0.2) is 0 Å². The van der Waals surface area contributed by atoms with Crippen molar-refractivity contribution in [1.82, 2.24) is 10.2 Å². The van der Waals surface area contributed by atoms with E-state index in [0.29, 0.717) is 26.3 Å². The number of rotatable bonds is 3. The van der Waals surface area contributed by atoms with E-state index in [2.05, 4.69) is 5.32 Å². The molecule has 0 spiro atoms. The highest BCUT2D eigenvalue weighted by molar-refractivity contribution is 5.82. The number of amides is 1. The summed E-state index contributed by atoms with van der Waals surface area (Å²) in [6.07, 6.45) is 4.86. The van der Waals surface area contributed by atoms with E-state index in [1.165, 1.54) is 12.8 Å². The number of nitrogens with one attached hydrogen (secondary N) is 1. The van der Waals surface area contributed by atoms with Crippen LogP contribution in [-0.4, -0.2) is 62.9 Å². The van der Waals surface area contributed by atoms with E-state index in [1.54, 1.807) is 7.05 Å². The molecule has 2 rings (SSSR count). The van der Waals surface area contributed by atoms with Crippen molar-refractivity contribution >= 4 is 5.91 Å². The Kier molecular flexibility index (Phi) is 5.41. The molecule has 2 heterocycles. The molecule has 5 heteroatoms. The lowest BCUT2D eigenvalue weighted by atomic mass is 10.1. The molecule has 0 aromatic rings. The van der Waals surface area contributed by atoms with Gasteiger partial charge in [-0.1, -0.05) is 12.8 Å². The van der Waals surface area contributed by atoms with Crippen LogP contribution in [0.4, 0.5) is 0 Å². The first-order valence-corrected chi connectivity index (χ1v) is 6.96. The Labute approximate surface area is 109 Å². The topological polar surface area (TPSA) is 50.8 Å². The van der Waals surface area contributed by atoms with Crippen LogP contribution in [0.3, 0.4) is 0 Å². The van der Waals surface area contributed by atoms with Gasteiger partial charge in [-0.3, -0.25) is 4.79 Å². The minimum atomic E-state index is -0.210. The van der Waals surface area contributed by atoms with Crippen LogP contribution in [0.5, 0.6) is 0 Å². The highest BCUT2D eigenvalue weighted by Gasteiger charge is 2.28. The third kappa shape index (κ3) is 3.67. The van der Waals surface area contributed by atoms with E-state index in [0.717, 1.165) is 19.4 Å². The number of carbonyl (C=O) groups excluding carboxylic acids is 1. The maximum Gasteiger partial charge on any atom is 0.242 e. The number of likely N-dealkylation sites (N-methyl/N-ethyl adjacent to an activating group) is 1. The molecular formula is C13H24N2O3. The number of nitrogens with zero attached hydrogens (tertiary/aromatic N) is 1. The molecule has 1 N–H and O–H groups in total. The molecule has 0 aromatic heterocycles. The molecule has 18 heavy (non-hydrogen) atoms. The summed E-state index contributed by atoms with van der Waals surface area (Å²) in [4.78, 5) is 14.2. The van der Waals surface area contributed by atoms with Gasteiger partial charge in [0.1, 0.15) is 6.04 Å². The smallest absolute Gasteiger partial charge is 0.242 e. The first-order valence-electron chi connectivity index (χ1n) is 6.96. The second kappa shape index (κ2) is 7.07. The van der Waals surface area contributed by atoms with Crippen molar-refractivity contribution in [3.63, 3.8) is 0 Å². The fourth-order valence-electron chi connectivity index (χ4n) is 2.54.